The van der Waals surface area contributed by atoms with Crippen molar-refractivity contribution in [2.45, 2.75) is 0 Å². The molecule has 1 aromatic heterocycles. The van der Waals surface area contributed by atoms with Crippen molar-refractivity contribution < 1.29 is 9.18 Å². The van der Waals surface area contributed by atoms with Gasteiger partial charge in [0, 0.05) is 16.4 Å². The summed E-state index contributed by atoms with van der Waals surface area (Å²) in [6.45, 7) is 0. The van der Waals surface area contributed by atoms with Crippen molar-refractivity contribution in [2.24, 2.45) is 0 Å². The molecule has 1 aromatic carbocycles. The number of carbonyl (C=O) groups is 1. The molecule has 0 atom stereocenters. The number of pyridine rings is 1. The Morgan fingerprint density at radius 2 is 2.17 bits per heavy atom. The van der Waals surface area contributed by atoms with Gasteiger partial charge in [-0.2, -0.15) is 0 Å². The molecule has 2 aromatic rings. The molecular formula is C12H7BrClFN2O. The first kappa shape index (κ1) is 13.0. The fourth-order valence-electron chi connectivity index (χ4n) is 1.35. The van der Waals surface area contributed by atoms with E-state index < -0.39 is 11.7 Å². The summed E-state index contributed by atoms with van der Waals surface area (Å²) in [4.78, 5) is 15.8. The summed E-state index contributed by atoms with van der Waals surface area (Å²) < 4.78 is 13.6. The number of hydrogen-bond acceptors (Lipinski definition) is 2. The Morgan fingerprint density at radius 3 is 2.89 bits per heavy atom. The minimum atomic E-state index is -0.445. The van der Waals surface area contributed by atoms with E-state index in [2.05, 4.69) is 26.2 Å². The third-order valence-corrected chi connectivity index (χ3v) is 2.87. The van der Waals surface area contributed by atoms with Crippen molar-refractivity contribution >= 4 is 39.1 Å². The van der Waals surface area contributed by atoms with Crippen LogP contribution < -0.4 is 5.32 Å². The van der Waals surface area contributed by atoms with E-state index >= 15 is 0 Å². The molecule has 18 heavy (non-hydrogen) atoms. The van der Waals surface area contributed by atoms with Gasteiger partial charge >= 0.3 is 0 Å². The molecule has 6 heteroatoms. The summed E-state index contributed by atoms with van der Waals surface area (Å²) in [6.07, 6.45) is 1.49. The number of halogens is 3. The SMILES string of the molecule is O=C(Nc1cccc(F)c1)c1cc(Br)cnc1Cl. The number of aromatic nitrogens is 1. The highest BCUT2D eigenvalue weighted by molar-refractivity contribution is 9.10. The molecule has 0 unspecified atom stereocenters. The van der Waals surface area contributed by atoms with Crippen LogP contribution in [0.15, 0.2) is 41.0 Å². The molecule has 0 fully saturated rings. The van der Waals surface area contributed by atoms with Gasteiger partial charge in [-0.1, -0.05) is 17.7 Å². The Bertz CT molecular complexity index is 606. The Morgan fingerprint density at radius 1 is 1.39 bits per heavy atom. The average Bonchev–Trinajstić information content (AvgIpc) is 2.32. The van der Waals surface area contributed by atoms with E-state index in [0.29, 0.717) is 10.2 Å². The fourth-order valence-corrected chi connectivity index (χ4v) is 1.87. The van der Waals surface area contributed by atoms with Gasteiger partial charge in [0.15, 0.2) is 0 Å². The molecule has 3 nitrogen and oxygen atoms in total. The van der Waals surface area contributed by atoms with E-state index in [0.717, 1.165) is 0 Å². The van der Waals surface area contributed by atoms with E-state index in [1.807, 2.05) is 0 Å². The van der Waals surface area contributed by atoms with Gasteiger partial charge in [0.25, 0.3) is 5.91 Å². The molecule has 0 aliphatic heterocycles. The van der Waals surface area contributed by atoms with Crippen molar-refractivity contribution in [3.05, 3.63) is 57.5 Å². The molecule has 1 N–H and O–H groups in total. The molecule has 0 spiro atoms. The maximum Gasteiger partial charge on any atom is 0.258 e. The van der Waals surface area contributed by atoms with Crippen LogP contribution in [0.4, 0.5) is 10.1 Å². The second-order valence-corrected chi connectivity index (χ2v) is 4.73. The zero-order chi connectivity index (χ0) is 13.1. The molecule has 92 valence electrons. The highest BCUT2D eigenvalue weighted by atomic mass is 79.9. The van der Waals surface area contributed by atoms with Crippen LogP contribution in [-0.4, -0.2) is 10.9 Å². The van der Waals surface area contributed by atoms with Gasteiger partial charge in [-0.05, 0) is 40.2 Å². The van der Waals surface area contributed by atoms with Gasteiger partial charge in [-0.15, -0.1) is 0 Å². The second kappa shape index (κ2) is 5.46. The smallest absolute Gasteiger partial charge is 0.258 e. The number of rotatable bonds is 2. The van der Waals surface area contributed by atoms with E-state index in [1.165, 1.54) is 24.4 Å². The lowest BCUT2D eigenvalue weighted by Crippen LogP contribution is -2.13. The van der Waals surface area contributed by atoms with Crippen molar-refractivity contribution in [1.29, 1.82) is 0 Å². The first-order chi connectivity index (χ1) is 8.56. The monoisotopic (exact) mass is 328 g/mol. The predicted molar refractivity (Wildman–Crippen MR) is 71.3 cm³/mol. The van der Waals surface area contributed by atoms with E-state index in [4.69, 9.17) is 11.6 Å². The summed E-state index contributed by atoms with van der Waals surface area (Å²) in [7, 11) is 0. The van der Waals surface area contributed by atoms with Crippen molar-refractivity contribution in [2.75, 3.05) is 5.32 Å². The van der Waals surface area contributed by atoms with Crippen molar-refractivity contribution in [3.8, 4) is 0 Å². The first-order valence-corrected chi connectivity index (χ1v) is 6.11. The second-order valence-electron chi connectivity index (χ2n) is 3.46. The number of anilines is 1. The average molecular weight is 330 g/mol. The van der Waals surface area contributed by atoms with Crippen LogP contribution in [0, 0.1) is 5.82 Å². The van der Waals surface area contributed by atoms with Crippen LogP contribution in [0.1, 0.15) is 10.4 Å². The number of amides is 1. The molecule has 0 radical (unpaired) electrons. The quantitative estimate of drug-likeness (QED) is 0.849. The predicted octanol–water partition coefficient (Wildman–Crippen LogP) is 3.89. The van der Waals surface area contributed by atoms with Crippen LogP contribution in [0.5, 0.6) is 0 Å². The minimum absolute atomic E-state index is 0.0899. The lowest BCUT2D eigenvalue weighted by molar-refractivity contribution is 0.102. The third kappa shape index (κ3) is 3.05. The van der Waals surface area contributed by atoms with E-state index in [9.17, 15) is 9.18 Å². The Labute approximate surface area is 116 Å². The summed E-state index contributed by atoms with van der Waals surface area (Å²) in [5.74, 6) is -0.870. The van der Waals surface area contributed by atoms with Crippen LogP contribution in [0.25, 0.3) is 0 Å². The van der Waals surface area contributed by atoms with Gasteiger partial charge in [-0.3, -0.25) is 4.79 Å². The number of carbonyl (C=O) groups excluding carboxylic acids is 1. The van der Waals surface area contributed by atoms with Gasteiger partial charge in [-0.25, -0.2) is 9.37 Å². The molecule has 0 saturated carbocycles. The van der Waals surface area contributed by atoms with Crippen LogP contribution in [0.2, 0.25) is 5.15 Å². The number of hydrogen-bond donors (Lipinski definition) is 1. The Kier molecular flexibility index (Phi) is 3.93. The van der Waals surface area contributed by atoms with Gasteiger partial charge in [0.2, 0.25) is 0 Å². The van der Waals surface area contributed by atoms with E-state index in [1.54, 1.807) is 12.1 Å². The zero-order valence-corrected chi connectivity index (χ0v) is 11.3. The largest absolute Gasteiger partial charge is 0.322 e. The van der Waals surface area contributed by atoms with Crippen LogP contribution in [0.3, 0.4) is 0 Å². The standard InChI is InChI=1S/C12H7BrClFN2O/c13-7-4-10(11(14)16-6-7)12(18)17-9-3-1-2-8(15)5-9/h1-6H,(H,17,18). The fraction of sp³-hybridized carbons (Fsp3) is 0. The molecule has 0 aliphatic rings. The zero-order valence-electron chi connectivity index (χ0n) is 8.95. The molecule has 1 heterocycles. The molecule has 0 bridgehead atoms. The van der Waals surface area contributed by atoms with Gasteiger partial charge in [0.1, 0.15) is 11.0 Å². The molecular weight excluding hydrogens is 322 g/mol. The summed E-state index contributed by atoms with van der Waals surface area (Å²) in [5.41, 5.74) is 0.575. The van der Waals surface area contributed by atoms with Crippen LogP contribution in [-0.2, 0) is 0 Å². The topological polar surface area (TPSA) is 42.0 Å². The summed E-state index contributed by atoms with van der Waals surface area (Å²) in [6, 6.07) is 7.15. The Balaban J connectivity index is 2.24. The highest BCUT2D eigenvalue weighted by Gasteiger charge is 2.12. The normalized spacial score (nSPS) is 10.2. The van der Waals surface area contributed by atoms with Crippen LogP contribution >= 0.6 is 27.5 Å². The molecule has 1 amide bonds. The number of benzene rings is 1. The van der Waals surface area contributed by atoms with Crippen molar-refractivity contribution in [1.82, 2.24) is 4.98 Å². The summed E-state index contributed by atoms with van der Waals surface area (Å²) in [5, 5.41) is 2.63. The van der Waals surface area contributed by atoms with Gasteiger partial charge in [0.05, 0.1) is 5.56 Å². The highest BCUT2D eigenvalue weighted by Crippen LogP contribution is 2.19. The lowest BCUT2D eigenvalue weighted by Gasteiger charge is -2.06. The maximum absolute atomic E-state index is 13.0. The number of nitrogens with one attached hydrogen (secondary N) is 1. The lowest BCUT2D eigenvalue weighted by atomic mass is 10.2. The summed E-state index contributed by atoms with van der Waals surface area (Å²) >= 11 is 9.02. The van der Waals surface area contributed by atoms with Gasteiger partial charge < -0.3 is 5.32 Å². The molecule has 0 aliphatic carbocycles. The Hall–Kier alpha value is -1.46. The first-order valence-electron chi connectivity index (χ1n) is 4.94. The van der Waals surface area contributed by atoms with E-state index in [-0.39, 0.29) is 10.7 Å². The minimum Gasteiger partial charge on any atom is -0.322 e. The van der Waals surface area contributed by atoms with Crippen molar-refractivity contribution in [3.63, 3.8) is 0 Å². The number of nitrogens with zero attached hydrogens (tertiary/aromatic N) is 1. The third-order valence-electron chi connectivity index (χ3n) is 2.13. The molecule has 2 rings (SSSR count). The molecule has 0 saturated heterocycles. The maximum atomic E-state index is 13.0.